The van der Waals surface area contributed by atoms with E-state index in [4.69, 9.17) is 4.98 Å². The van der Waals surface area contributed by atoms with Crippen LogP contribution in [0.2, 0.25) is 0 Å². The van der Waals surface area contributed by atoms with Gasteiger partial charge in [-0.25, -0.2) is 9.67 Å². The number of carbonyl (C=O) groups is 1. The summed E-state index contributed by atoms with van der Waals surface area (Å²) >= 11 is 1.53. The van der Waals surface area contributed by atoms with Crippen molar-refractivity contribution in [2.24, 2.45) is 0 Å². The van der Waals surface area contributed by atoms with E-state index in [1.165, 1.54) is 17.3 Å². The van der Waals surface area contributed by atoms with E-state index < -0.39 is 0 Å². The van der Waals surface area contributed by atoms with Gasteiger partial charge in [-0.15, -0.1) is 0 Å². The lowest BCUT2D eigenvalue weighted by Crippen LogP contribution is -2.36. The van der Waals surface area contributed by atoms with Crippen molar-refractivity contribution in [1.29, 1.82) is 0 Å². The molecule has 0 radical (unpaired) electrons. The summed E-state index contributed by atoms with van der Waals surface area (Å²) in [5.41, 5.74) is 1.49. The largest absolute Gasteiger partial charge is 0.354 e. The maximum Gasteiger partial charge on any atom is 0.265 e. The minimum Gasteiger partial charge on any atom is -0.354 e. The molecule has 8 heteroatoms. The Kier molecular flexibility index (Phi) is 5.92. The standard InChI is InChI=1S/C23H29N5O2S/c1-15(10-11-16-8-6-5-7-9-16)25-19(29)12-17-14-31-22-26-20-18(21(30)27(17)22)13-24-28(20)23(2,3)4/h5-9,13,15,17H,10-12,14H2,1-4H3,(H,25,29). The maximum atomic E-state index is 13.2. The zero-order valence-corrected chi connectivity index (χ0v) is 19.3. The van der Waals surface area contributed by atoms with Gasteiger partial charge in [0.05, 0.1) is 17.8 Å². The fourth-order valence-electron chi connectivity index (χ4n) is 3.92. The summed E-state index contributed by atoms with van der Waals surface area (Å²) in [4.78, 5) is 30.5. The van der Waals surface area contributed by atoms with Gasteiger partial charge in [0.15, 0.2) is 10.8 Å². The van der Waals surface area contributed by atoms with Crippen molar-refractivity contribution < 1.29 is 4.79 Å². The van der Waals surface area contributed by atoms with Crippen LogP contribution in [0.5, 0.6) is 0 Å². The molecular formula is C23H29N5O2S. The highest BCUT2D eigenvalue weighted by molar-refractivity contribution is 7.99. The first-order valence-electron chi connectivity index (χ1n) is 10.7. The molecular weight excluding hydrogens is 410 g/mol. The number of benzene rings is 1. The van der Waals surface area contributed by atoms with E-state index >= 15 is 0 Å². The van der Waals surface area contributed by atoms with Gasteiger partial charge >= 0.3 is 0 Å². The minimum absolute atomic E-state index is 0.0311. The average Bonchev–Trinajstić information content (AvgIpc) is 3.32. The van der Waals surface area contributed by atoms with Crippen LogP contribution in [0.1, 0.15) is 52.1 Å². The Balaban J connectivity index is 1.44. The lowest BCUT2D eigenvalue weighted by molar-refractivity contribution is -0.122. The predicted molar refractivity (Wildman–Crippen MR) is 124 cm³/mol. The van der Waals surface area contributed by atoms with Crippen molar-refractivity contribution >= 4 is 28.7 Å². The van der Waals surface area contributed by atoms with E-state index in [2.05, 4.69) is 22.5 Å². The number of thioether (sulfide) groups is 1. The van der Waals surface area contributed by atoms with E-state index in [0.717, 1.165) is 12.8 Å². The van der Waals surface area contributed by atoms with Gasteiger partial charge in [0, 0.05) is 18.2 Å². The molecule has 0 bridgehead atoms. The smallest absolute Gasteiger partial charge is 0.265 e. The molecule has 0 fully saturated rings. The maximum absolute atomic E-state index is 13.2. The number of rotatable bonds is 6. The molecule has 3 heterocycles. The first-order chi connectivity index (χ1) is 14.7. The first kappa shape index (κ1) is 21.6. The van der Waals surface area contributed by atoms with E-state index in [9.17, 15) is 9.59 Å². The Morgan fingerprint density at radius 2 is 2.03 bits per heavy atom. The highest BCUT2D eigenvalue weighted by atomic mass is 32.2. The van der Waals surface area contributed by atoms with Crippen molar-refractivity contribution in [3.05, 3.63) is 52.4 Å². The van der Waals surface area contributed by atoms with E-state index in [-0.39, 0.29) is 35.5 Å². The Bertz CT molecular complexity index is 1150. The summed E-state index contributed by atoms with van der Waals surface area (Å²) in [5, 5.41) is 8.65. The molecule has 7 nitrogen and oxygen atoms in total. The van der Waals surface area contributed by atoms with Crippen LogP contribution in [-0.4, -0.2) is 37.0 Å². The van der Waals surface area contributed by atoms with Crippen LogP contribution in [0.25, 0.3) is 11.0 Å². The molecule has 0 spiro atoms. The third-order valence-electron chi connectivity index (χ3n) is 5.54. The molecule has 1 N–H and O–H groups in total. The van der Waals surface area contributed by atoms with Crippen molar-refractivity contribution in [2.45, 2.75) is 69.7 Å². The zero-order chi connectivity index (χ0) is 22.2. The summed E-state index contributed by atoms with van der Waals surface area (Å²) in [6, 6.07) is 10.1. The predicted octanol–water partition coefficient (Wildman–Crippen LogP) is 3.52. The number of aryl methyl sites for hydroxylation is 1. The summed E-state index contributed by atoms with van der Waals surface area (Å²) in [7, 11) is 0. The van der Waals surface area contributed by atoms with Crippen molar-refractivity contribution in [3.63, 3.8) is 0 Å². The summed E-state index contributed by atoms with van der Waals surface area (Å²) in [6.45, 7) is 8.12. The van der Waals surface area contributed by atoms with Crippen LogP contribution in [-0.2, 0) is 16.8 Å². The van der Waals surface area contributed by atoms with Crippen LogP contribution in [0.3, 0.4) is 0 Å². The Morgan fingerprint density at radius 3 is 2.74 bits per heavy atom. The second kappa shape index (κ2) is 8.49. The van der Waals surface area contributed by atoms with Crippen LogP contribution in [0, 0.1) is 0 Å². The molecule has 31 heavy (non-hydrogen) atoms. The molecule has 0 aliphatic carbocycles. The normalized spacial score (nSPS) is 17.0. The number of hydrogen-bond donors (Lipinski definition) is 1. The number of fused-ring (bicyclic) bond motifs is 2. The van der Waals surface area contributed by atoms with Gasteiger partial charge in [-0.05, 0) is 46.1 Å². The molecule has 1 aliphatic heterocycles. The molecule has 2 aromatic heterocycles. The molecule has 1 aliphatic rings. The SMILES string of the molecule is CC(CCc1ccccc1)NC(=O)CC1CSc2nc3c(cnn3C(C)(C)C)c(=O)n21. The molecule has 3 aromatic rings. The van der Waals surface area contributed by atoms with Gasteiger partial charge < -0.3 is 5.32 Å². The van der Waals surface area contributed by atoms with Crippen LogP contribution < -0.4 is 10.9 Å². The molecule has 0 saturated heterocycles. The number of nitrogens with one attached hydrogen (secondary N) is 1. The van der Waals surface area contributed by atoms with Crippen molar-refractivity contribution in [1.82, 2.24) is 24.6 Å². The molecule has 1 amide bonds. The lowest BCUT2D eigenvalue weighted by Gasteiger charge is -2.20. The molecule has 1 aromatic carbocycles. The van der Waals surface area contributed by atoms with E-state index in [0.29, 0.717) is 21.9 Å². The number of hydrogen-bond acceptors (Lipinski definition) is 5. The average molecular weight is 440 g/mol. The van der Waals surface area contributed by atoms with E-state index in [1.54, 1.807) is 15.4 Å². The van der Waals surface area contributed by atoms with Crippen LogP contribution in [0.4, 0.5) is 0 Å². The Hall–Kier alpha value is -2.61. The van der Waals surface area contributed by atoms with Gasteiger partial charge in [0.2, 0.25) is 5.91 Å². The van der Waals surface area contributed by atoms with Crippen LogP contribution >= 0.6 is 11.8 Å². The lowest BCUT2D eigenvalue weighted by atomic mass is 10.1. The van der Waals surface area contributed by atoms with Gasteiger partial charge in [0.1, 0.15) is 5.39 Å². The Labute approximate surface area is 186 Å². The minimum atomic E-state index is -0.265. The van der Waals surface area contributed by atoms with Crippen molar-refractivity contribution in [2.75, 3.05) is 5.75 Å². The number of nitrogens with zero attached hydrogens (tertiary/aromatic N) is 4. The molecule has 0 saturated carbocycles. The zero-order valence-electron chi connectivity index (χ0n) is 18.5. The first-order valence-corrected chi connectivity index (χ1v) is 11.7. The molecule has 2 atom stereocenters. The topological polar surface area (TPSA) is 81.8 Å². The molecule has 164 valence electrons. The quantitative estimate of drug-likeness (QED) is 0.594. The summed E-state index contributed by atoms with van der Waals surface area (Å²) < 4.78 is 3.47. The summed E-state index contributed by atoms with van der Waals surface area (Å²) in [5.74, 6) is 0.639. The van der Waals surface area contributed by atoms with Gasteiger partial charge in [0.25, 0.3) is 5.56 Å². The third-order valence-corrected chi connectivity index (χ3v) is 6.64. The van der Waals surface area contributed by atoms with Gasteiger partial charge in [-0.1, -0.05) is 42.1 Å². The van der Waals surface area contributed by atoms with Crippen LogP contribution in [0.15, 0.2) is 46.5 Å². The van der Waals surface area contributed by atoms with E-state index in [1.807, 2.05) is 45.9 Å². The monoisotopic (exact) mass is 439 g/mol. The van der Waals surface area contributed by atoms with Crippen molar-refractivity contribution in [3.8, 4) is 0 Å². The number of amides is 1. The fourth-order valence-corrected chi connectivity index (χ4v) is 5.05. The third kappa shape index (κ3) is 4.54. The summed E-state index contributed by atoms with van der Waals surface area (Å²) in [6.07, 6.45) is 3.66. The highest BCUT2D eigenvalue weighted by Crippen LogP contribution is 2.33. The Morgan fingerprint density at radius 1 is 1.29 bits per heavy atom. The number of aromatic nitrogens is 4. The second-order valence-electron chi connectivity index (χ2n) is 9.20. The molecule has 2 unspecified atom stereocenters. The number of carbonyl (C=O) groups excluding carboxylic acids is 1. The van der Waals surface area contributed by atoms with Gasteiger partial charge in [-0.3, -0.25) is 14.2 Å². The second-order valence-corrected chi connectivity index (χ2v) is 10.2. The fraction of sp³-hybridized carbons (Fsp3) is 0.478. The molecule has 4 rings (SSSR count). The highest BCUT2D eigenvalue weighted by Gasteiger charge is 2.30. The van der Waals surface area contributed by atoms with Gasteiger partial charge in [-0.2, -0.15) is 5.10 Å².